The van der Waals surface area contributed by atoms with Gasteiger partial charge >= 0.3 is 5.69 Å². The van der Waals surface area contributed by atoms with Gasteiger partial charge in [-0.1, -0.05) is 6.07 Å². The molecule has 1 aromatic carbocycles. The molecule has 2 aliphatic heterocycles. The smallest absolute Gasteiger partial charge is 0.309 e. The van der Waals surface area contributed by atoms with Crippen molar-refractivity contribution in [3.63, 3.8) is 0 Å². The number of aromatic nitrogens is 2. The number of amides is 1. The van der Waals surface area contributed by atoms with Gasteiger partial charge in [0, 0.05) is 45.7 Å². The number of carbonyl (C=O) groups excluding carboxylic acids is 1. The van der Waals surface area contributed by atoms with Crippen molar-refractivity contribution in [3.8, 4) is 11.5 Å². The molecular weight excluding hydrogens is 378 g/mol. The van der Waals surface area contributed by atoms with Gasteiger partial charge in [0.25, 0.3) is 0 Å². The molecule has 1 amide bonds. The van der Waals surface area contributed by atoms with Gasteiger partial charge in [-0.25, -0.2) is 0 Å². The predicted octanol–water partition coefficient (Wildman–Crippen LogP) is 1.56. The van der Waals surface area contributed by atoms with Gasteiger partial charge in [0.1, 0.15) is 11.9 Å². The topological polar surface area (TPSA) is 103 Å². The maximum atomic E-state index is 12.5. The van der Waals surface area contributed by atoms with Crippen LogP contribution in [0.2, 0.25) is 0 Å². The first kappa shape index (κ1) is 19.2. The number of rotatable bonds is 6. The Morgan fingerprint density at radius 1 is 1.21 bits per heavy atom. The van der Waals surface area contributed by atoms with Crippen molar-refractivity contribution in [2.24, 2.45) is 0 Å². The minimum absolute atomic E-state index is 0.0189. The number of benzene rings is 1. The summed E-state index contributed by atoms with van der Waals surface area (Å²) in [7, 11) is 0. The van der Waals surface area contributed by atoms with Crippen LogP contribution in [0.5, 0.6) is 11.5 Å². The third kappa shape index (κ3) is 4.32. The Labute approximate surface area is 167 Å². The van der Waals surface area contributed by atoms with Crippen LogP contribution in [0.15, 0.2) is 24.4 Å². The number of hydrogen-bond donors (Lipinski definition) is 0. The second kappa shape index (κ2) is 8.08. The largest absolute Gasteiger partial charge is 0.454 e. The summed E-state index contributed by atoms with van der Waals surface area (Å²) in [6.45, 7) is 5.93. The quantitative estimate of drug-likeness (QED) is 0.535. The second-order valence-corrected chi connectivity index (χ2v) is 7.21. The molecule has 1 fully saturated rings. The van der Waals surface area contributed by atoms with E-state index in [1.807, 2.05) is 23.1 Å². The Morgan fingerprint density at radius 3 is 2.69 bits per heavy atom. The van der Waals surface area contributed by atoms with Crippen LogP contribution in [0.1, 0.15) is 17.7 Å². The molecule has 0 radical (unpaired) electrons. The van der Waals surface area contributed by atoms with E-state index in [0.29, 0.717) is 25.3 Å². The summed E-state index contributed by atoms with van der Waals surface area (Å²) in [6, 6.07) is 5.97. The highest BCUT2D eigenvalue weighted by atomic mass is 16.7. The summed E-state index contributed by atoms with van der Waals surface area (Å²) in [6.07, 6.45) is 1.66. The molecule has 10 nitrogen and oxygen atoms in total. The van der Waals surface area contributed by atoms with E-state index in [1.165, 1.54) is 10.9 Å². The molecule has 0 saturated carbocycles. The van der Waals surface area contributed by atoms with Crippen LogP contribution in [0.25, 0.3) is 0 Å². The molecule has 29 heavy (non-hydrogen) atoms. The zero-order valence-corrected chi connectivity index (χ0v) is 16.2. The van der Waals surface area contributed by atoms with Gasteiger partial charge in [0.15, 0.2) is 11.5 Å². The monoisotopic (exact) mass is 401 g/mol. The number of ether oxygens (including phenoxy) is 2. The fourth-order valence-electron chi connectivity index (χ4n) is 3.62. The molecule has 0 spiro atoms. The van der Waals surface area contributed by atoms with Gasteiger partial charge in [0.05, 0.1) is 4.92 Å². The van der Waals surface area contributed by atoms with Gasteiger partial charge < -0.3 is 14.4 Å². The van der Waals surface area contributed by atoms with Crippen molar-refractivity contribution in [2.75, 3.05) is 33.0 Å². The Bertz CT molecular complexity index is 920. The SMILES string of the molecule is Cc1nn(CCC(=O)N2CCN(Cc3ccc4c(c3)OCO4)CC2)cc1[N+](=O)[O-]. The lowest BCUT2D eigenvalue weighted by molar-refractivity contribution is -0.385. The molecule has 2 aliphatic rings. The summed E-state index contributed by atoms with van der Waals surface area (Å²) in [5.41, 5.74) is 1.50. The third-order valence-electron chi connectivity index (χ3n) is 5.24. The average Bonchev–Trinajstić information content (AvgIpc) is 3.32. The first-order valence-electron chi connectivity index (χ1n) is 9.57. The fraction of sp³-hybridized carbons (Fsp3) is 0.474. The maximum absolute atomic E-state index is 12.5. The lowest BCUT2D eigenvalue weighted by Gasteiger charge is -2.34. The first-order chi connectivity index (χ1) is 14.0. The summed E-state index contributed by atoms with van der Waals surface area (Å²) < 4.78 is 12.2. The van der Waals surface area contributed by atoms with Crippen molar-refractivity contribution in [2.45, 2.75) is 26.4 Å². The van der Waals surface area contributed by atoms with Crippen LogP contribution in [-0.2, 0) is 17.9 Å². The lowest BCUT2D eigenvalue weighted by atomic mass is 10.1. The zero-order valence-electron chi connectivity index (χ0n) is 16.2. The summed E-state index contributed by atoms with van der Waals surface area (Å²) in [5.74, 6) is 1.61. The van der Waals surface area contributed by atoms with Gasteiger partial charge in [-0.3, -0.25) is 24.5 Å². The van der Waals surface area contributed by atoms with Gasteiger partial charge in [-0.2, -0.15) is 5.10 Å². The van der Waals surface area contributed by atoms with Crippen LogP contribution >= 0.6 is 0 Å². The van der Waals surface area contributed by atoms with Crippen molar-refractivity contribution in [1.82, 2.24) is 19.6 Å². The van der Waals surface area contributed by atoms with Crippen LogP contribution in [0.3, 0.4) is 0 Å². The van der Waals surface area contributed by atoms with Crippen LogP contribution in [0.4, 0.5) is 5.69 Å². The average molecular weight is 401 g/mol. The number of fused-ring (bicyclic) bond motifs is 1. The molecule has 1 saturated heterocycles. The number of piperazine rings is 1. The molecule has 0 atom stereocenters. The summed E-state index contributed by atoms with van der Waals surface area (Å²) in [5, 5.41) is 15.0. The highest BCUT2D eigenvalue weighted by molar-refractivity contribution is 5.76. The maximum Gasteiger partial charge on any atom is 0.309 e. The highest BCUT2D eigenvalue weighted by Crippen LogP contribution is 2.32. The van der Waals surface area contributed by atoms with E-state index in [2.05, 4.69) is 10.00 Å². The van der Waals surface area contributed by atoms with E-state index in [0.717, 1.165) is 36.7 Å². The molecule has 1 aromatic heterocycles. The normalized spacial score (nSPS) is 16.2. The van der Waals surface area contributed by atoms with Crippen molar-refractivity contribution >= 4 is 11.6 Å². The number of hydrogen-bond acceptors (Lipinski definition) is 7. The molecular formula is C19H23N5O5. The Hall–Kier alpha value is -3.14. The van der Waals surface area contributed by atoms with Crippen molar-refractivity contribution < 1.29 is 19.2 Å². The van der Waals surface area contributed by atoms with Crippen LogP contribution in [-0.4, -0.2) is 63.4 Å². The number of aryl methyl sites for hydroxylation is 2. The van der Waals surface area contributed by atoms with E-state index in [-0.39, 0.29) is 24.8 Å². The third-order valence-corrected chi connectivity index (χ3v) is 5.24. The van der Waals surface area contributed by atoms with Gasteiger partial charge in [-0.05, 0) is 24.6 Å². The van der Waals surface area contributed by atoms with E-state index >= 15 is 0 Å². The molecule has 4 rings (SSSR count). The molecule has 154 valence electrons. The van der Waals surface area contributed by atoms with Crippen LogP contribution in [0, 0.1) is 17.0 Å². The molecule has 3 heterocycles. The first-order valence-corrected chi connectivity index (χ1v) is 9.57. The number of nitrogens with zero attached hydrogens (tertiary/aromatic N) is 5. The van der Waals surface area contributed by atoms with E-state index in [9.17, 15) is 14.9 Å². The van der Waals surface area contributed by atoms with Gasteiger partial charge in [0.2, 0.25) is 12.7 Å². The Balaban J connectivity index is 1.24. The predicted molar refractivity (Wildman–Crippen MR) is 103 cm³/mol. The number of nitro groups is 1. The minimum Gasteiger partial charge on any atom is -0.454 e. The standard InChI is InChI=1S/C19H23N5O5/c1-14-16(24(26)27)12-23(20-14)5-4-19(25)22-8-6-21(7-9-22)11-15-2-3-17-18(10-15)29-13-28-17/h2-3,10,12H,4-9,11,13H2,1H3. The molecule has 2 aromatic rings. The summed E-state index contributed by atoms with van der Waals surface area (Å²) >= 11 is 0. The molecule has 0 unspecified atom stereocenters. The second-order valence-electron chi connectivity index (χ2n) is 7.21. The van der Waals surface area contributed by atoms with E-state index in [4.69, 9.17) is 9.47 Å². The Morgan fingerprint density at radius 2 is 1.97 bits per heavy atom. The van der Waals surface area contributed by atoms with Crippen molar-refractivity contribution in [3.05, 3.63) is 45.8 Å². The Kier molecular flexibility index (Phi) is 5.34. The number of carbonyl (C=O) groups is 1. The van der Waals surface area contributed by atoms with E-state index < -0.39 is 4.92 Å². The molecule has 10 heteroatoms. The highest BCUT2D eigenvalue weighted by Gasteiger charge is 2.22. The van der Waals surface area contributed by atoms with Gasteiger partial charge in [-0.15, -0.1) is 0 Å². The fourth-order valence-corrected chi connectivity index (χ4v) is 3.62. The molecule has 0 N–H and O–H groups in total. The van der Waals surface area contributed by atoms with E-state index in [1.54, 1.807) is 6.92 Å². The van der Waals surface area contributed by atoms with Crippen molar-refractivity contribution in [1.29, 1.82) is 0 Å². The minimum atomic E-state index is -0.458. The summed E-state index contributed by atoms with van der Waals surface area (Å²) in [4.78, 5) is 27.1. The lowest BCUT2D eigenvalue weighted by Crippen LogP contribution is -2.48. The molecule has 0 aliphatic carbocycles. The zero-order chi connectivity index (χ0) is 20.4. The van der Waals surface area contributed by atoms with Crippen LogP contribution < -0.4 is 9.47 Å². The molecule has 0 bridgehead atoms.